The number of hydrazine groups is 1. The van der Waals surface area contributed by atoms with Gasteiger partial charge in [0.25, 0.3) is 5.91 Å². The first-order chi connectivity index (χ1) is 11.6. The average Bonchev–Trinajstić information content (AvgIpc) is 3.13. The summed E-state index contributed by atoms with van der Waals surface area (Å²) >= 11 is 0. The predicted molar refractivity (Wildman–Crippen MR) is 88.5 cm³/mol. The molecule has 2 aliphatic heterocycles. The second kappa shape index (κ2) is 7.31. The van der Waals surface area contributed by atoms with Gasteiger partial charge < -0.3 is 0 Å². The van der Waals surface area contributed by atoms with Gasteiger partial charge in [0, 0.05) is 38.3 Å². The van der Waals surface area contributed by atoms with Crippen molar-refractivity contribution >= 4 is 11.8 Å². The zero-order chi connectivity index (χ0) is 17.0. The van der Waals surface area contributed by atoms with Crippen LogP contribution >= 0.6 is 0 Å². The van der Waals surface area contributed by atoms with Crippen molar-refractivity contribution in [1.82, 2.24) is 15.8 Å². The SMILES string of the molecule is C#CCCC1(CCC(=O)NNC(=O)C2CCN2C2CCCC2)N=N1. The standard InChI is InChI=1S/C17H25N5O2/c1-2-3-10-17(20-21-17)11-8-15(23)18-19-16(24)14-9-12-22(14)13-6-4-5-7-13/h1,13-14H,3-12H2,(H,18,23)(H,19,24). The Bertz CT molecular complexity index is 556. The molecule has 0 spiro atoms. The molecule has 130 valence electrons. The van der Waals surface area contributed by atoms with Crippen molar-refractivity contribution < 1.29 is 9.59 Å². The largest absolute Gasteiger partial charge is 0.289 e. The Hall–Kier alpha value is -1.94. The van der Waals surface area contributed by atoms with Crippen LogP contribution in [0.1, 0.15) is 57.8 Å². The molecule has 3 aliphatic rings. The van der Waals surface area contributed by atoms with Crippen molar-refractivity contribution in [2.75, 3.05) is 6.54 Å². The maximum atomic E-state index is 12.2. The summed E-state index contributed by atoms with van der Waals surface area (Å²) in [5, 5.41) is 8.00. The molecule has 0 radical (unpaired) electrons. The van der Waals surface area contributed by atoms with Crippen LogP contribution in [0.15, 0.2) is 10.2 Å². The molecule has 0 bridgehead atoms. The Labute approximate surface area is 142 Å². The molecule has 1 aliphatic carbocycles. The van der Waals surface area contributed by atoms with E-state index >= 15 is 0 Å². The van der Waals surface area contributed by atoms with Gasteiger partial charge in [-0.1, -0.05) is 12.8 Å². The summed E-state index contributed by atoms with van der Waals surface area (Å²) in [6.45, 7) is 0.984. The molecule has 0 aromatic heterocycles. The summed E-state index contributed by atoms with van der Waals surface area (Å²) in [5.74, 6) is 2.24. The van der Waals surface area contributed by atoms with Crippen LogP contribution in [0.4, 0.5) is 0 Å². The van der Waals surface area contributed by atoms with E-state index in [9.17, 15) is 9.59 Å². The summed E-state index contributed by atoms with van der Waals surface area (Å²) in [5.41, 5.74) is 4.62. The van der Waals surface area contributed by atoms with Crippen LogP contribution in [0.25, 0.3) is 0 Å². The zero-order valence-corrected chi connectivity index (χ0v) is 14.0. The van der Waals surface area contributed by atoms with Gasteiger partial charge in [-0.3, -0.25) is 25.3 Å². The molecule has 2 heterocycles. The number of amides is 2. The van der Waals surface area contributed by atoms with E-state index in [0.717, 1.165) is 13.0 Å². The van der Waals surface area contributed by atoms with Crippen molar-refractivity contribution in [3.63, 3.8) is 0 Å². The smallest absolute Gasteiger partial charge is 0.255 e. The number of hydrogen-bond acceptors (Lipinski definition) is 5. The molecule has 1 saturated carbocycles. The van der Waals surface area contributed by atoms with Gasteiger partial charge in [-0.25, -0.2) is 0 Å². The second-order valence-corrected chi connectivity index (χ2v) is 6.90. The molecular formula is C17H25N5O2. The van der Waals surface area contributed by atoms with E-state index in [1.54, 1.807) is 0 Å². The minimum atomic E-state index is -0.457. The normalized spacial score (nSPS) is 24.9. The van der Waals surface area contributed by atoms with Crippen LogP contribution in [-0.4, -0.2) is 41.0 Å². The third kappa shape index (κ3) is 3.93. The number of carbonyl (C=O) groups is 2. The maximum absolute atomic E-state index is 12.2. The van der Waals surface area contributed by atoms with Crippen molar-refractivity contribution in [2.45, 2.75) is 75.5 Å². The molecule has 0 aromatic rings. The minimum Gasteiger partial charge on any atom is -0.289 e. The van der Waals surface area contributed by atoms with Gasteiger partial charge in [0.2, 0.25) is 5.91 Å². The lowest BCUT2D eigenvalue weighted by Gasteiger charge is -2.43. The minimum absolute atomic E-state index is 0.0937. The highest BCUT2D eigenvalue weighted by atomic mass is 16.2. The highest BCUT2D eigenvalue weighted by molar-refractivity contribution is 5.85. The number of terminal acetylenes is 1. The third-order valence-electron chi connectivity index (χ3n) is 5.29. The van der Waals surface area contributed by atoms with Crippen molar-refractivity contribution in [1.29, 1.82) is 0 Å². The van der Waals surface area contributed by atoms with Crippen LogP contribution in [0.3, 0.4) is 0 Å². The van der Waals surface area contributed by atoms with Gasteiger partial charge in [-0.15, -0.1) is 12.3 Å². The Morgan fingerprint density at radius 3 is 2.50 bits per heavy atom. The van der Waals surface area contributed by atoms with E-state index in [1.807, 2.05) is 0 Å². The Morgan fingerprint density at radius 2 is 1.92 bits per heavy atom. The van der Waals surface area contributed by atoms with E-state index in [-0.39, 0.29) is 24.3 Å². The fraction of sp³-hybridized carbons (Fsp3) is 0.765. The highest BCUT2D eigenvalue weighted by Crippen LogP contribution is 2.37. The van der Waals surface area contributed by atoms with Gasteiger partial charge in [-0.05, 0) is 19.3 Å². The average molecular weight is 331 g/mol. The summed E-state index contributed by atoms with van der Waals surface area (Å²) in [7, 11) is 0. The van der Waals surface area contributed by atoms with Crippen molar-refractivity contribution in [3.05, 3.63) is 0 Å². The summed E-state index contributed by atoms with van der Waals surface area (Å²) < 4.78 is 0. The van der Waals surface area contributed by atoms with Gasteiger partial charge in [-0.2, -0.15) is 10.2 Å². The molecule has 3 rings (SSSR count). The number of nitrogens with zero attached hydrogens (tertiary/aromatic N) is 3. The fourth-order valence-electron chi connectivity index (χ4n) is 3.62. The lowest BCUT2D eigenvalue weighted by atomic mass is 9.98. The molecular weight excluding hydrogens is 306 g/mol. The van der Waals surface area contributed by atoms with E-state index in [0.29, 0.717) is 25.3 Å². The summed E-state index contributed by atoms with van der Waals surface area (Å²) in [6.07, 6.45) is 13.1. The molecule has 2 N–H and O–H groups in total. The predicted octanol–water partition coefficient (Wildman–Crippen LogP) is 1.51. The first kappa shape index (κ1) is 16.9. The van der Waals surface area contributed by atoms with Crippen LogP contribution in [-0.2, 0) is 9.59 Å². The van der Waals surface area contributed by atoms with E-state index in [1.165, 1.54) is 25.7 Å². The number of hydrogen-bond donors (Lipinski definition) is 2. The molecule has 7 heteroatoms. The lowest BCUT2D eigenvalue weighted by Crippen LogP contribution is -2.61. The fourth-order valence-corrected chi connectivity index (χ4v) is 3.62. The van der Waals surface area contributed by atoms with Gasteiger partial charge >= 0.3 is 0 Å². The molecule has 2 fully saturated rings. The summed E-state index contributed by atoms with van der Waals surface area (Å²) in [6, 6.07) is 0.447. The first-order valence-electron chi connectivity index (χ1n) is 8.85. The van der Waals surface area contributed by atoms with Crippen molar-refractivity contribution in [3.8, 4) is 12.3 Å². The topological polar surface area (TPSA) is 86.2 Å². The molecule has 1 saturated heterocycles. The maximum Gasteiger partial charge on any atom is 0.255 e. The number of likely N-dealkylation sites (tertiary alicyclic amines) is 1. The van der Waals surface area contributed by atoms with Gasteiger partial charge in [0.15, 0.2) is 5.66 Å². The van der Waals surface area contributed by atoms with E-state index in [2.05, 4.69) is 31.9 Å². The highest BCUT2D eigenvalue weighted by Gasteiger charge is 2.40. The van der Waals surface area contributed by atoms with Crippen LogP contribution < -0.4 is 10.9 Å². The number of carbonyl (C=O) groups excluding carboxylic acids is 2. The zero-order valence-electron chi connectivity index (χ0n) is 14.0. The van der Waals surface area contributed by atoms with Gasteiger partial charge in [0.05, 0.1) is 6.04 Å². The van der Waals surface area contributed by atoms with Crippen LogP contribution in [0, 0.1) is 12.3 Å². The first-order valence-corrected chi connectivity index (χ1v) is 8.85. The van der Waals surface area contributed by atoms with E-state index < -0.39 is 5.66 Å². The van der Waals surface area contributed by atoms with Crippen molar-refractivity contribution in [2.24, 2.45) is 10.2 Å². The molecule has 7 nitrogen and oxygen atoms in total. The van der Waals surface area contributed by atoms with Crippen LogP contribution in [0.2, 0.25) is 0 Å². The quantitative estimate of drug-likeness (QED) is 0.547. The molecule has 0 aromatic carbocycles. The number of nitrogens with one attached hydrogen (secondary N) is 2. The third-order valence-corrected chi connectivity index (χ3v) is 5.29. The number of rotatable bonds is 7. The molecule has 1 unspecified atom stereocenters. The summed E-state index contributed by atoms with van der Waals surface area (Å²) in [4.78, 5) is 26.4. The van der Waals surface area contributed by atoms with E-state index in [4.69, 9.17) is 6.42 Å². The Balaban J connectivity index is 1.34. The Kier molecular flexibility index (Phi) is 5.14. The molecule has 24 heavy (non-hydrogen) atoms. The Morgan fingerprint density at radius 1 is 1.17 bits per heavy atom. The monoisotopic (exact) mass is 331 g/mol. The molecule has 1 atom stereocenters. The lowest BCUT2D eigenvalue weighted by molar-refractivity contribution is -0.137. The van der Waals surface area contributed by atoms with Crippen LogP contribution in [0.5, 0.6) is 0 Å². The molecule has 2 amide bonds. The van der Waals surface area contributed by atoms with Gasteiger partial charge in [0.1, 0.15) is 0 Å². The second-order valence-electron chi connectivity index (χ2n) is 6.90.